The van der Waals surface area contributed by atoms with E-state index in [1.165, 1.54) is 11.1 Å². The number of aliphatic hydroxyl groups excluding tert-OH is 1. The normalized spacial score (nSPS) is 57.7. The number of carbonyl (C=O) groups is 1. The fourth-order valence-electron chi connectivity index (χ4n) is 8.56. The molecule has 12 atom stereocenters. The van der Waals surface area contributed by atoms with Gasteiger partial charge in [0.1, 0.15) is 22.9 Å². The molecule has 0 bridgehead atoms. The maximum Gasteiger partial charge on any atom is 0.186 e. The first-order valence-electron chi connectivity index (χ1n) is 13.0. The molecule has 4 fully saturated rings. The summed E-state index contributed by atoms with van der Waals surface area (Å²) in [4.78, 5) is 13.2. The minimum atomic E-state index is -1.09. The van der Waals surface area contributed by atoms with Crippen molar-refractivity contribution >= 4 is 5.78 Å². The second-order valence-corrected chi connectivity index (χ2v) is 12.6. The fraction of sp³-hybridized carbons (Fsp3) is 0.750. The standard InChI is InChI=1S/C28H36O6/c1-14(19-13-25(2)27(4,34-25)24(30)32-19)15-7-9-17-16(12-15)8-10-18-21(17)22-23(33-22)28(31)11-5-6-20(29)26(18,28)3/h5-8,14,17-19,21-24,30-31H,9-13H2,1-4H3/t14-,17+,18-,19+,21-,22-,23-,24+,25-,26-,27+,28-/m0/s1. The molecule has 3 aliphatic heterocycles. The van der Waals surface area contributed by atoms with Gasteiger partial charge in [0.2, 0.25) is 0 Å². The monoisotopic (exact) mass is 468 g/mol. The van der Waals surface area contributed by atoms with Gasteiger partial charge in [0, 0.05) is 12.3 Å². The molecule has 0 unspecified atom stereocenters. The van der Waals surface area contributed by atoms with Gasteiger partial charge in [-0.3, -0.25) is 4.79 Å². The van der Waals surface area contributed by atoms with Crippen LogP contribution in [0.4, 0.5) is 0 Å². The van der Waals surface area contributed by atoms with Crippen molar-refractivity contribution in [3.8, 4) is 0 Å². The molecule has 0 spiro atoms. The van der Waals surface area contributed by atoms with Gasteiger partial charge in [-0.1, -0.05) is 36.3 Å². The second kappa shape index (κ2) is 6.51. The van der Waals surface area contributed by atoms with Gasteiger partial charge in [-0.2, -0.15) is 0 Å². The Kier molecular flexibility index (Phi) is 4.20. The summed E-state index contributed by atoms with van der Waals surface area (Å²) in [5.74, 6) is 0.977. The van der Waals surface area contributed by atoms with Gasteiger partial charge < -0.3 is 24.4 Å². The number of carbonyl (C=O) groups excluding carboxylic acids is 1. The minimum Gasteiger partial charge on any atom is -0.386 e. The molecule has 6 heteroatoms. The highest BCUT2D eigenvalue weighted by Gasteiger charge is 2.76. The van der Waals surface area contributed by atoms with E-state index in [0.717, 1.165) is 25.7 Å². The molecule has 3 heterocycles. The molecule has 3 saturated heterocycles. The van der Waals surface area contributed by atoms with Crippen molar-refractivity contribution in [2.45, 2.75) is 101 Å². The van der Waals surface area contributed by atoms with E-state index < -0.39 is 22.9 Å². The summed E-state index contributed by atoms with van der Waals surface area (Å²) in [5, 5.41) is 22.2. The third kappa shape index (κ3) is 2.47. The van der Waals surface area contributed by atoms with Crippen LogP contribution in [-0.4, -0.2) is 57.4 Å². The highest BCUT2D eigenvalue weighted by atomic mass is 16.7. The van der Waals surface area contributed by atoms with Crippen LogP contribution >= 0.6 is 0 Å². The SMILES string of the molecule is C[C@@H](C1=CC[C@@H]2C(=CC[C@H]3[C@H]2[C@@H]2O[C@@H]2[C@@]2(O)CC=CC(=O)[C@]32C)C1)[C@H]1C[C@]2(C)O[C@]2(C)[C@H](O)O1. The number of allylic oxidation sites excluding steroid dienone is 4. The molecule has 1 saturated carbocycles. The van der Waals surface area contributed by atoms with Crippen molar-refractivity contribution in [1.82, 2.24) is 0 Å². The zero-order valence-corrected chi connectivity index (χ0v) is 20.5. The largest absolute Gasteiger partial charge is 0.386 e. The average molecular weight is 469 g/mol. The molecule has 6 nitrogen and oxygen atoms in total. The Morgan fingerprint density at radius 1 is 1.15 bits per heavy atom. The third-order valence-electron chi connectivity index (χ3n) is 11.3. The van der Waals surface area contributed by atoms with Crippen LogP contribution in [0.5, 0.6) is 0 Å². The van der Waals surface area contributed by atoms with Crippen LogP contribution in [0.1, 0.15) is 59.8 Å². The van der Waals surface area contributed by atoms with Crippen LogP contribution in [-0.2, 0) is 19.0 Å². The van der Waals surface area contributed by atoms with Gasteiger partial charge in [0.15, 0.2) is 12.1 Å². The maximum absolute atomic E-state index is 13.2. The summed E-state index contributed by atoms with van der Waals surface area (Å²) in [6, 6.07) is 0. The number of aliphatic hydroxyl groups is 2. The van der Waals surface area contributed by atoms with Crippen molar-refractivity contribution in [2.24, 2.45) is 29.1 Å². The number of ketones is 1. The van der Waals surface area contributed by atoms with Crippen LogP contribution in [0.25, 0.3) is 0 Å². The number of hydrogen-bond acceptors (Lipinski definition) is 6. The molecular weight excluding hydrogens is 432 g/mol. The van der Waals surface area contributed by atoms with Gasteiger partial charge in [0.25, 0.3) is 0 Å². The Morgan fingerprint density at radius 2 is 1.94 bits per heavy atom. The Labute approximate surface area is 201 Å². The van der Waals surface area contributed by atoms with Gasteiger partial charge in [-0.25, -0.2) is 0 Å². The molecule has 184 valence electrons. The summed E-state index contributed by atoms with van der Waals surface area (Å²) in [6.07, 6.45) is 11.0. The molecule has 7 aliphatic rings. The Hall–Kier alpha value is -1.31. The van der Waals surface area contributed by atoms with Crippen molar-refractivity contribution in [3.63, 3.8) is 0 Å². The Bertz CT molecular complexity index is 1060. The van der Waals surface area contributed by atoms with Crippen LogP contribution in [0, 0.1) is 29.1 Å². The average Bonchev–Trinajstić information content (AvgIpc) is 3.70. The van der Waals surface area contributed by atoms with E-state index in [0.29, 0.717) is 12.3 Å². The first-order valence-corrected chi connectivity index (χ1v) is 13.0. The van der Waals surface area contributed by atoms with Crippen LogP contribution in [0.2, 0.25) is 0 Å². The lowest BCUT2D eigenvalue weighted by Crippen LogP contribution is -2.66. The zero-order chi connectivity index (χ0) is 23.8. The molecule has 34 heavy (non-hydrogen) atoms. The number of epoxide rings is 2. The summed E-state index contributed by atoms with van der Waals surface area (Å²) in [6.45, 7) is 8.20. The summed E-state index contributed by atoms with van der Waals surface area (Å²) in [7, 11) is 0. The fourth-order valence-corrected chi connectivity index (χ4v) is 8.56. The highest BCUT2D eigenvalue weighted by molar-refractivity contribution is 5.97. The minimum absolute atomic E-state index is 0.0462. The maximum atomic E-state index is 13.2. The smallest absolute Gasteiger partial charge is 0.186 e. The molecule has 0 radical (unpaired) electrons. The third-order valence-corrected chi connectivity index (χ3v) is 11.3. The predicted molar refractivity (Wildman–Crippen MR) is 124 cm³/mol. The Balaban J connectivity index is 1.14. The topological polar surface area (TPSA) is 91.8 Å². The molecule has 7 rings (SSSR count). The molecule has 4 aliphatic carbocycles. The van der Waals surface area contributed by atoms with E-state index in [1.807, 2.05) is 19.9 Å². The van der Waals surface area contributed by atoms with Gasteiger partial charge in [0.05, 0.1) is 17.6 Å². The van der Waals surface area contributed by atoms with E-state index in [-0.39, 0.29) is 47.4 Å². The number of fused-ring (bicyclic) bond motifs is 9. The lowest BCUT2D eigenvalue weighted by molar-refractivity contribution is -0.191. The summed E-state index contributed by atoms with van der Waals surface area (Å²) in [5.41, 5.74) is 0.0438. The van der Waals surface area contributed by atoms with Crippen LogP contribution < -0.4 is 0 Å². The summed E-state index contributed by atoms with van der Waals surface area (Å²) < 4.78 is 18.1. The number of rotatable bonds is 2. The van der Waals surface area contributed by atoms with E-state index in [9.17, 15) is 15.0 Å². The van der Waals surface area contributed by atoms with Gasteiger partial charge in [-0.05, 0) is 70.3 Å². The first-order chi connectivity index (χ1) is 16.0. The van der Waals surface area contributed by atoms with E-state index >= 15 is 0 Å². The van der Waals surface area contributed by atoms with Crippen molar-refractivity contribution in [2.75, 3.05) is 0 Å². The highest BCUT2D eigenvalue weighted by Crippen LogP contribution is 2.66. The molecule has 0 aromatic carbocycles. The molecule has 0 aromatic heterocycles. The van der Waals surface area contributed by atoms with Gasteiger partial charge >= 0.3 is 0 Å². The zero-order valence-electron chi connectivity index (χ0n) is 20.5. The molecule has 2 N–H and O–H groups in total. The van der Waals surface area contributed by atoms with E-state index in [2.05, 4.69) is 26.0 Å². The lowest BCUT2D eigenvalue weighted by atomic mass is 9.46. The Morgan fingerprint density at radius 3 is 2.71 bits per heavy atom. The molecule has 0 aromatic rings. The number of ether oxygens (including phenoxy) is 3. The summed E-state index contributed by atoms with van der Waals surface area (Å²) >= 11 is 0. The first kappa shape index (κ1) is 21.9. The quantitative estimate of drug-likeness (QED) is 0.478. The molecular formula is C28H36O6. The van der Waals surface area contributed by atoms with E-state index in [4.69, 9.17) is 14.2 Å². The van der Waals surface area contributed by atoms with Crippen LogP contribution in [0.15, 0.2) is 35.5 Å². The van der Waals surface area contributed by atoms with Crippen LogP contribution in [0.3, 0.4) is 0 Å². The lowest BCUT2D eigenvalue weighted by Gasteiger charge is -2.57. The van der Waals surface area contributed by atoms with Crippen molar-refractivity contribution in [1.29, 1.82) is 0 Å². The second-order valence-electron chi connectivity index (χ2n) is 12.6. The van der Waals surface area contributed by atoms with Crippen molar-refractivity contribution < 1.29 is 29.2 Å². The van der Waals surface area contributed by atoms with Gasteiger partial charge in [-0.15, -0.1) is 0 Å². The van der Waals surface area contributed by atoms with E-state index in [1.54, 1.807) is 6.08 Å². The predicted octanol–water partition coefficient (Wildman–Crippen LogP) is 3.22. The number of hydrogen-bond donors (Lipinski definition) is 2. The molecule has 0 amide bonds. The van der Waals surface area contributed by atoms with Crippen molar-refractivity contribution in [3.05, 3.63) is 35.5 Å².